The highest BCUT2D eigenvalue weighted by Gasteiger charge is 2.07. The Balaban J connectivity index is 0.00000176. The van der Waals surface area contributed by atoms with E-state index in [4.69, 9.17) is 4.74 Å². The quantitative estimate of drug-likeness (QED) is 0.534. The van der Waals surface area contributed by atoms with Crippen LogP contribution < -0.4 is 10.6 Å². The van der Waals surface area contributed by atoms with E-state index < -0.39 is 6.09 Å². The number of carbonyl (C=O) groups excluding carboxylic acids is 2. The summed E-state index contributed by atoms with van der Waals surface area (Å²) in [5, 5.41) is 5.67. The zero-order valence-corrected chi connectivity index (χ0v) is 18.9. The summed E-state index contributed by atoms with van der Waals surface area (Å²) in [5.74, 6) is -0.109. The Labute approximate surface area is 190 Å². The van der Waals surface area contributed by atoms with Gasteiger partial charge >= 0.3 is 6.09 Å². The minimum atomic E-state index is -0.467. The summed E-state index contributed by atoms with van der Waals surface area (Å²) in [6.07, 6.45) is 3.51. The minimum absolute atomic E-state index is 0.109. The molecule has 0 fully saturated rings. The van der Waals surface area contributed by atoms with Crippen molar-refractivity contribution in [3.63, 3.8) is 0 Å². The van der Waals surface area contributed by atoms with Crippen molar-refractivity contribution in [2.75, 3.05) is 6.54 Å². The average molecular weight is 434 g/mol. The van der Waals surface area contributed by atoms with E-state index in [2.05, 4.69) is 15.6 Å². The second-order valence-corrected chi connectivity index (χ2v) is 6.92. The van der Waals surface area contributed by atoms with Gasteiger partial charge in [-0.15, -0.1) is 0 Å². The number of carbonyl (C=O) groups is 2. The first kappa shape index (κ1) is 24.6. The van der Waals surface area contributed by atoms with Gasteiger partial charge in [0.15, 0.2) is 0 Å². The molecule has 2 amide bonds. The zero-order valence-electron chi connectivity index (χ0n) is 18.9. The summed E-state index contributed by atoms with van der Waals surface area (Å²) in [5.41, 5.74) is 4.72. The molecule has 0 unspecified atom stereocenters. The molecule has 0 aliphatic rings. The fourth-order valence-corrected chi connectivity index (χ4v) is 2.90. The van der Waals surface area contributed by atoms with Gasteiger partial charge in [-0.25, -0.2) is 4.79 Å². The minimum Gasteiger partial charge on any atom is -0.445 e. The van der Waals surface area contributed by atoms with E-state index in [1.54, 1.807) is 30.6 Å². The molecule has 0 saturated heterocycles. The molecule has 0 radical (unpaired) electrons. The molecule has 1 aromatic heterocycles. The summed E-state index contributed by atoms with van der Waals surface area (Å²) >= 11 is 0. The molecule has 2 aromatic carbocycles. The number of aryl methyl sites for hydroxylation is 1. The highest BCUT2D eigenvalue weighted by atomic mass is 16.5. The maximum atomic E-state index is 12.3. The van der Waals surface area contributed by atoms with Crippen LogP contribution in [-0.2, 0) is 24.3 Å². The third kappa shape index (κ3) is 8.22. The largest absolute Gasteiger partial charge is 0.445 e. The molecule has 0 aliphatic carbocycles. The van der Waals surface area contributed by atoms with E-state index in [-0.39, 0.29) is 12.5 Å². The highest BCUT2D eigenvalue weighted by Crippen LogP contribution is 2.08. The lowest BCUT2D eigenvalue weighted by atomic mass is 10.1. The molecule has 6 nitrogen and oxygen atoms in total. The van der Waals surface area contributed by atoms with Gasteiger partial charge in [0.2, 0.25) is 0 Å². The molecule has 168 valence electrons. The van der Waals surface area contributed by atoms with Crippen LogP contribution in [0.1, 0.15) is 46.5 Å². The predicted molar refractivity (Wildman–Crippen MR) is 126 cm³/mol. The van der Waals surface area contributed by atoms with Crippen LogP contribution in [0.5, 0.6) is 0 Å². The molecule has 3 rings (SSSR count). The molecule has 1 heterocycles. The summed E-state index contributed by atoms with van der Waals surface area (Å²) < 4.78 is 5.15. The van der Waals surface area contributed by atoms with Crippen molar-refractivity contribution < 1.29 is 14.3 Å². The van der Waals surface area contributed by atoms with Crippen LogP contribution in [0.25, 0.3) is 0 Å². The number of alkyl carbamates (subject to hydrolysis) is 1. The Kier molecular flexibility index (Phi) is 10.5. The van der Waals surface area contributed by atoms with Crippen molar-refractivity contribution in [3.05, 3.63) is 101 Å². The number of benzene rings is 2. The van der Waals surface area contributed by atoms with Gasteiger partial charge in [-0.3, -0.25) is 9.78 Å². The number of hydrogen-bond acceptors (Lipinski definition) is 4. The van der Waals surface area contributed by atoms with E-state index in [9.17, 15) is 9.59 Å². The van der Waals surface area contributed by atoms with Gasteiger partial charge in [0.1, 0.15) is 6.61 Å². The Bertz CT molecular complexity index is 973. The Hall–Kier alpha value is -3.67. The number of nitrogens with zero attached hydrogens (tertiary/aromatic N) is 1. The molecule has 3 aromatic rings. The second kappa shape index (κ2) is 13.6. The smallest absolute Gasteiger partial charge is 0.407 e. The van der Waals surface area contributed by atoms with E-state index in [1.165, 1.54) is 0 Å². The monoisotopic (exact) mass is 433 g/mol. The van der Waals surface area contributed by atoms with Gasteiger partial charge in [-0.1, -0.05) is 56.3 Å². The summed E-state index contributed by atoms with van der Waals surface area (Å²) in [6.45, 7) is 7.16. The molecule has 0 saturated carbocycles. The summed E-state index contributed by atoms with van der Waals surface area (Å²) in [4.78, 5) is 28.1. The van der Waals surface area contributed by atoms with Crippen LogP contribution in [0.4, 0.5) is 4.79 Å². The van der Waals surface area contributed by atoms with Crippen molar-refractivity contribution in [3.8, 4) is 0 Å². The van der Waals surface area contributed by atoms with Crippen molar-refractivity contribution in [1.29, 1.82) is 0 Å². The van der Waals surface area contributed by atoms with Crippen LogP contribution in [-0.4, -0.2) is 23.5 Å². The molecule has 0 aliphatic heterocycles. The molecule has 2 N–H and O–H groups in total. The topological polar surface area (TPSA) is 80.3 Å². The first-order valence-electron chi connectivity index (χ1n) is 10.8. The van der Waals surface area contributed by atoms with Crippen molar-refractivity contribution in [2.45, 2.75) is 40.3 Å². The molecule has 0 spiro atoms. The fourth-order valence-electron chi connectivity index (χ4n) is 2.90. The van der Waals surface area contributed by atoms with E-state index in [0.717, 1.165) is 22.3 Å². The standard InChI is InChI=1S/C24H25N3O3.C2H6/c1-18-5-2-3-7-22(18)16-27-23(28)21-10-8-19(9-11-21)12-14-26-24(29)30-17-20-6-4-13-25-15-20;1-2/h2-11,13,15H,12,14,16-17H2,1H3,(H,26,29)(H,27,28);1-2H3. The van der Waals surface area contributed by atoms with Crippen LogP contribution in [0, 0.1) is 6.92 Å². The van der Waals surface area contributed by atoms with Gasteiger partial charge in [0, 0.05) is 36.6 Å². The maximum absolute atomic E-state index is 12.3. The molecule has 32 heavy (non-hydrogen) atoms. The lowest BCUT2D eigenvalue weighted by molar-refractivity contribution is 0.0950. The first-order valence-corrected chi connectivity index (χ1v) is 10.8. The lowest BCUT2D eigenvalue weighted by Crippen LogP contribution is -2.26. The summed E-state index contributed by atoms with van der Waals surface area (Å²) in [7, 11) is 0. The van der Waals surface area contributed by atoms with Gasteiger partial charge in [0.05, 0.1) is 0 Å². The molecular weight excluding hydrogens is 402 g/mol. The molecule has 6 heteroatoms. The second-order valence-electron chi connectivity index (χ2n) is 6.92. The van der Waals surface area contributed by atoms with E-state index >= 15 is 0 Å². The van der Waals surface area contributed by atoms with Crippen LogP contribution in [0.2, 0.25) is 0 Å². The number of pyridine rings is 1. The van der Waals surface area contributed by atoms with Crippen LogP contribution >= 0.6 is 0 Å². The van der Waals surface area contributed by atoms with Gasteiger partial charge in [0.25, 0.3) is 5.91 Å². The molecular formula is C26H31N3O3. The number of amides is 2. The van der Waals surface area contributed by atoms with Crippen molar-refractivity contribution >= 4 is 12.0 Å². The number of aromatic nitrogens is 1. The Morgan fingerprint density at radius 1 is 0.906 bits per heavy atom. The van der Waals surface area contributed by atoms with Crippen LogP contribution in [0.3, 0.4) is 0 Å². The van der Waals surface area contributed by atoms with Gasteiger partial charge < -0.3 is 15.4 Å². The van der Waals surface area contributed by atoms with Crippen molar-refractivity contribution in [2.24, 2.45) is 0 Å². The maximum Gasteiger partial charge on any atom is 0.407 e. The van der Waals surface area contributed by atoms with Gasteiger partial charge in [-0.2, -0.15) is 0 Å². The van der Waals surface area contributed by atoms with E-state index in [1.807, 2.05) is 63.2 Å². The predicted octanol–water partition coefficient (Wildman–Crippen LogP) is 4.82. The Morgan fingerprint density at radius 3 is 2.34 bits per heavy atom. The highest BCUT2D eigenvalue weighted by molar-refractivity contribution is 5.94. The molecule has 0 atom stereocenters. The fraction of sp³-hybridized carbons (Fsp3) is 0.269. The SMILES string of the molecule is CC.Cc1ccccc1CNC(=O)c1ccc(CCNC(=O)OCc2cccnc2)cc1. The van der Waals surface area contributed by atoms with Crippen LogP contribution in [0.15, 0.2) is 73.1 Å². The van der Waals surface area contributed by atoms with E-state index in [0.29, 0.717) is 25.1 Å². The molecule has 0 bridgehead atoms. The number of nitrogens with one attached hydrogen (secondary N) is 2. The Morgan fingerprint density at radius 2 is 1.66 bits per heavy atom. The number of rotatable bonds is 8. The third-order valence-corrected chi connectivity index (χ3v) is 4.69. The first-order chi connectivity index (χ1) is 15.6. The number of ether oxygens (including phenoxy) is 1. The normalized spacial score (nSPS) is 9.84. The summed E-state index contributed by atoms with van der Waals surface area (Å²) in [6, 6.07) is 19.0. The van der Waals surface area contributed by atoms with Gasteiger partial charge in [-0.05, 0) is 48.2 Å². The lowest BCUT2D eigenvalue weighted by Gasteiger charge is -2.09. The third-order valence-electron chi connectivity index (χ3n) is 4.69. The zero-order chi connectivity index (χ0) is 23.2. The average Bonchev–Trinajstić information content (AvgIpc) is 2.84. The van der Waals surface area contributed by atoms with Crippen molar-refractivity contribution in [1.82, 2.24) is 15.6 Å². The number of hydrogen-bond donors (Lipinski definition) is 2.